The molecule has 2 aromatic rings. The smallest absolute Gasteiger partial charge is 0.339 e. The van der Waals surface area contributed by atoms with Crippen LogP contribution in [0.15, 0.2) is 36.4 Å². The molecule has 0 N–H and O–H groups in total. The summed E-state index contributed by atoms with van der Waals surface area (Å²) >= 11 is 0. The van der Waals surface area contributed by atoms with Gasteiger partial charge >= 0.3 is 5.97 Å². The van der Waals surface area contributed by atoms with Crippen LogP contribution in [0, 0.1) is 24.0 Å². The van der Waals surface area contributed by atoms with Gasteiger partial charge in [0.25, 0.3) is 5.69 Å². The lowest BCUT2D eigenvalue weighted by atomic mass is 10.0. The van der Waals surface area contributed by atoms with Gasteiger partial charge in [0.2, 0.25) is 5.78 Å². The number of carbonyl (C=O) groups excluding carboxylic acids is 2. The van der Waals surface area contributed by atoms with Gasteiger partial charge in [-0.3, -0.25) is 14.9 Å². The number of aryl methyl sites for hydroxylation is 2. The van der Waals surface area contributed by atoms with Crippen molar-refractivity contribution in [3.05, 3.63) is 68.8 Å². The van der Waals surface area contributed by atoms with Gasteiger partial charge in [0.1, 0.15) is 5.69 Å². The first-order valence-corrected chi connectivity index (χ1v) is 10.1. The Morgan fingerprint density at radius 1 is 1.00 bits per heavy atom. The van der Waals surface area contributed by atoms with Gasteiger partial charge in [-0.2, -0.15) is 0 Å². The largest absolute Gasteiger partial charge is 0.451 e. The monoisotopic (exact) mass is 410 g/mol. The van der Waals surface area contributed by atoms with E-state index in [1.807, 2.05) is 24.8 Å². The SMILES string of the molecule is Cc1ccc(C(=O)[C@@H](C)OC(=O)c2ccc(N3CCCCC3)c([N+](=O)[O-])c2)cc1C. The number of nitro groups is 1. The normalized spacial score (nSPS) is 14.8. The lowest BCUT2D eigenvalue weighted by Gasteiger charge is -2.28. The number of piperidine rings is 1. The molecule has 3 rings (SSSR count). The highest BCUT2D eigenvalue weighted by atomic mass is 16.6. The van der Waals surface area contributed by atoms with Gasteiger partial charge in [0, 0.05) is 24.7 Å². The van der Waals surface area contributed by atoms with Crippen LogP contribution in [0.4, 0.5) is 11.4 Å². The zero-order chi connectivity index (χ0) is 21.8. The molecule has 30 heavy (non-hydrogen) atoms. The van der Waals surface area contributed by atoms with Crippen molar-refractivity contribution in [2.24, 2.45) is 0 Å². The van der Waals surface area contributed by atoms with Crippen molar-refractivity contribution in [3.63, 3.8) is 0 Å². The zero-order valence-corrected chi connectivity index (χ0v) is 17.5. The first kappa shape index (κ1) is 21.5. The van der Waals surface area contributed by atoms with Crippen molar-refractivity contribution >= 4 is 23.1 Å². The van der Waals surface area contributed by atoms with Crippen LogP contribution in [0.25, 0.3) is 0 Å². The third-order valence-electron chi connectivity index (χ3n) is 5.55. The number of rotatable bonds is 6. The second-order valence-electron chi connectivity index (χ2n) is 7.72. The highest BCUT2D eigenvalue weighted by Gasteiger charge is 2.25. The molecular weight excluding hydrogens is 384 g/mol. The summed E-state index contributed by atoms with van der Waals surface area (Å²) in [7, 11) is 0. The fraction of sp³-hybridized carbons (Fsp3) is 0.391. The number of benzene rings is 2. The predicted molar refractivity (Wildman–Crippen MR) is 114 cm³/mol. The average Bonchev–Trinajstić information content (AvgIpc) is 2.75. The summed E-state index contributed by atoms with van der Waals surface area (Å²) in [5.41, 5.74) is 2.95. The Labute approximate surface area is 175 Å². The van der Waals surface area contributed by atoms with Crippen molar-refractivity contribution in [2.75, 3.05) is 18.0 Å². The van der Waals surface area contributed by atoms with Gasteiger partial charge in [0.15, 0.2) is 6.10 Å². The van der Waals surface area contributed by atoms with Crippen LogP contribution in [0.5, 0.6) is 0 Å². The molecule has 1 saturated heterocycles. The molecule has 0 spiro atoms. The van der Waals surface area contributed by atoms with Gasteiger partial charge < -0.3 is 9.64 Å². The molecule has 0 aromatic heterocycles. The second-order valence-corrected chi connectivity index (χ2v) is 7.72. The van der Waals surface area contributed by atoms with Crippen LogP contribution >= 0.6 is 0 Å². The Balaban J connectivity index is 1.77. The number of hydrogen-bond donors (Lipinski definition) is 0. The van der Waals surface area contributed by atoms with E-state index >= 15 is 0 Å². The fourth-order valence-corrected chi connectivity index (χ4v) is 3.61. The zero-order valence-electron chi connectivity index (χ0n) is 17.5. The van der Waals surface area contributed by atoms with E-state index in [4.69, 9.17) is 4.74 Å². The maximum atomic E-state index is 12.6. The molecule has 1 fully saturated rings. The van der Waals surface area contributed by atoms with E-state index in [0.717, 1.165) is 43.5 Å². The summed E-state index contributed by atoms with van der Waals surface area (Å²) in [4.78, 5) is 38.3. The quantitative estimate of drug-likeness (QED) is 0.298. The average molecular weight is 410 g/mol. The minimum atomic E-state index is -1.000. The van der Waals surface area contributed by atoms with Gasteiger partial charge in [0.05, 0.1) is 10.5 Å². The third kappa shape index (κ3) is 4.67. The van der Waals surface area contributed by atoms with Crippen LogP contribution in [-0.2, 0) is 4.74 Å². The molecule has 7 nitrogen and oxygen atoms in total. The maximum Gasteiger partial charge on any atom is 0.339 e. The molecule has 0 aliphatic carbocycles. The maximum absolute atomic E-state index is 12.6. The van der Waals surface area contributed by atoms with Gasteiger partial charge in [-0.05, 0) is 69.4 Å². The Hall–Kier alpha value is -3.22. The lowest BCUT2D eigenvalue weighted by Crippen LogP contribution is -2.30. The molecule has 1 aliphatic heterocycles. The first-order chi connectivity index (χ1) is 14.3. The standard InChI is InChI=1S/C23H26N2O5/c1-15-7-8-18(13-16(15)2)22(26)17(3)30-23(27)19-9-10-20(21(14-19)25(28)29)24-11-5-4-6-12-24/h7-10,13-14,17H,4-6,11-12H2,1-3H3/t17-/m1/s1. The summed E-state index contributed by atoms with van der Waals surface area (Å²) in [6.45, 7) is 6.88. The topological polar surface area (TPSA) is 89.8 Å². The highest BCUT2D eigenvalue weighted by molar-refractivity contribution is 6.01. The van der Waals surface area contributed by atoms with E-state index in [2.05, 4.69) is 0 Å². The minimum absolute atomic E-state index is 0.0576. The van der Waals surface area contributed by atoms with Crippen molar-refractivity contribution in [2.45, 2.75) is 46.1 Å². The molecule has 7 heteroatoms. The summed E-state index contributed by atoms with van der Waals surface area (Å²) in [5.74, 6) is -1.07. The van der Waals surface area contributed by atoms with E-state index in [0.29, 0.717) is 11.3 Å². The summed E-state index contributed by atoms with van der Waals surface area (Å²) < 4.78 is 5.32. The number of ketones is 1. The van der Waals surface area contributed by atoms with Crippen molar-refractivity contribution < 1.29 is 19.2 Å². The molecule has 1 heterocycles. The number of hydrogen-bond acceptors (Lipinski definition) is 6. The third-order valence-corrected chi connectivity index (χ3v) is 5.55. The van der Waals surface area contributed by atoms with Crippen molar-refractivity contribution in [1.29, 1.82) is 0 Å². The molecule has 0 amide bonds. The molecule has 0 bridgehead atoms. The van der Waals surface area contributed by atoms with Gasteiger partial charge in [-0.25, -0.2) is 4.79 Å². The molecule has 0 saturated carbocycles. The molecule has 1 atom stereocenters. The first-order valence-electron chi connectivity index (χ1n) is 10.1. The van der Waals surface area contributed by atoms with Crippen molar-refractivity contribution in [3.8, 4) is 0 Å². The van der Waals surface area contributed by atoms with E-state index in [-0.39, 0.29) is 17.0 Å². The number of nitro benzene ring substituents is 1. The van der Waals surface area contributed by atoms with E-state index in [1.165, 1.54) is 19.1 Å². The molecule has 2 aromatic carbocycles. The molecule has 158 valence electrons. The second kappa shape index (κ2) is 9.07. The number of carbonyl (C=O) groups is 2. The Morgan fingerprint density at radius 3 is 2.30 bits per heavy atom. The summed E-state index contributed by atoms with van der Waals surface area (Å²) in [5, 5.41) is 11.6. The van der Waals surface area contributed by atoms with E-state index in [9.17, 15) is 19.7 Å². The van der Waals surface area contributed by atoms with Crippen LogP contribution in [0.3, 0.4) is 0 Å². The highest BCUT2D eigenvalue weighted by Crippen LogP contribution is 2.31. The fourth-order valence-electron chi connectivity index (χ4n) is 3.61. The number of esters is 1. The van der Waals surface area contributed by atoms with Crippen LogP contribution < -0.4 is 4.90 Å². The Bertz CT molecular complexity index is 980. The number of anilines is 1. The number of ether oxygens (including phenoxy) is 1. The van der Waals surface area contributed by atoms with Crippen molar-refractivity contribution in [1.82, 2.24) is 0 Å². The molecule has 0 unspecified atom stereocenters. The molecule has 0 radical (unpaired) electrons. The minimum Gasteiger partial charge on any atom is -0.451 e. The molecule has 1 aliphatic rings. The Morgan fingerprint density at radius 2 is 1.67 bits per heavy atom. The predicted octanol–water partition coefficient (Wildman–Crippen LogP) is 4.63. The molecular formula is C23H26N2O5. The Kier molecular flexibility index (Phi) is 6.50. The van der Waals surface area contributed by atoms with Crippen LogP contribution in [-0.4, -0.2) is 35.9 Å². The summed E-state index contributed by atoms with van der Waals surface area (Å²) in [6.07, 6.45) is 2.08. The van der Waals surface area contributed by atoms with E-state index in [1.54, 1.807) is 18.2 Å². The van der Waals surface area contributed by atoms with Crippen LogP contribution in [0.1, 0.15) is 58.0 Å². The van der Waals surface area contributed by atoms with Crippen LogP contribution in [0.2, 0.25) is 0 Å². The lowest BCUT2D eigenvalue weighted by molar-refractivity contribution is -0.384. The number of Topliss-reactive ketones (excluding diaryl/α,β-unsaturated/α-hetero) is 1. The summed E-state index contributed by atoms with van der Waals surface area (Å²) in [6, 6.07) is 9.66. The van der Waals surface area contributed by atoms with E-state index < -0.39 is 17.0 Å². The van der Waals surface area contributed by atoms with Gasteiger partial charge in [-0.1, -0.05) is 12.1 Å². The number of nitrogens with zero attached hydrogens (tertiary/aromatic N) is 2. The van der Waals surface area contributed by atoms with Gasteiger partial charge in [-0.15, -0.1) is 0 Å².